The van der Waals surface area contributed by atoms with Crippen LogP contribution < -0.4 is 0 Å². The molecule has 0 aromatic heterocycles. The van der Waals surface area contributed by atoms with E-state index in [1.165, 1.54) is 7.11 Å². The van der Waals surface area contributed by atoms with Crippen molar-refractivity contribution in [1.29, 1.82) is 0 Å². The zero-order valence-corrected chi connectivity index (χ0v) is 14.8. The normalized spacial score (nSPS) is 27.8. The molecule has 2 heterocycles. The Morgan fingerprint density at radius 2 is 2.08 bits per heavy atom. The summed E-state index contributed by atoms with van der Waals surface area (Å²) in [5.74, 6) is 0.0751. The highest BCUT2D eigenvalue weighted by molar-refractivity contribution is 6.31. The van der Waals surface area contributed by atoms with Crippen LogP contribution in [0.1, 0.15) is 18.4 Å². The van der Waals surface area contributed by atoms with Crippen molar-refractivity contribution in [2.24, 2.45) is 5.92 Å². The van der Waals surface area contributed by atoms with Crippen LogP contribution >= 0.6 is 11.6 Å². The number of hydrogen-bond donors (Lipinski definition) is 1. The molecule has 1 aromatic carbocycles. The second-order valence-corrected chi connectivity index (χ2v) is 7.31. The molecule has 3 rings (SSSR count). The van der Waals surface area contributed by atoms with E-state index >= 15 is 0 Å². The van der Waals surface area contributed by atoms with Crippen LogP contribution in [0.25, 0.3) is 0 Å². The van der Waals surface area contributed by atoms with Gasteiger partial charge in [-0.1, -0.05) is 29.8 Å². The number of fused-ring (bicyclic) bond motifs is 1. The Labute approximate surface area is 148 Å². The Hall–Kier alpha value is -1.14. The lowest BCUT2D eigenvalue weighted by molar-refractivity contribution is -0.150. The summed E-state index contributed by atoms with van der Waals surface area (Å²) in [4.78, 5) is 16.2. The van der Waals surface area contributed by atoms with E-state index < -0.39 is 5.60 Å². The van der Waals surface area contributed by atoms with E-state index in [-0.39, 0.29) is 18.4 Å². The number of nitrogens with zero attached hydrogens (tertiary/aromatic N) is 2. The van der Waals surface area contributed by atoms with Gasteiger partial charge < -0.3 is 14.7 Å². The van der Waals surface area contributed by atoms with Gasteiger partial charge in [0, 0.05) is 50.8 Å². The van der Waals surface area contributed by atoms with Crippen molar-refractivity contribution in [3.8, 4) is 0 Å². The minimum Gasteiger partial charge on any atom is -0.389 e. The molecule has 0 saturated carbocycles. The van der Waals surface area contributed by atoms with Gasteiger partial charge in [0.05, 0.1) is 5.60 Å². The van der Waals surface area contributed by atoms with Crippen LogP contribution in [0.15, 0.2) is 24.3 Å². The van der Waals surface area contributed by atoms with Crippen LogP contribution in [-0.2, 0) is 16.1 Å². The number of piperidine rings is 2. The van der Waals surface area contributed by atoms with Gasteiger partial charge in [0.1, 0.15) is 6.61 Å². The molecule has 1 aromatic rings. The first-order chi connectivity index (χ1) is 11.5. The van der Waals surface area contributed by atoms with Crippen molar-refractivity contribution in [2.75, 3.05) is 39.9 Å². The van der Waals surface area contributed by atoms with Crippen LogP contribution in [-0.4, -0.2) is 66.3 Å². The molecule has 0 unspecified atom stereocenters. The number of carbonyl (C=O) groups is 1. The van der Waals surface area contributed by atoms with Crippen LogP contribution in [0, 0.1) is 5.92 Å². The number of amides is 1. The Morgan fingerprint density at radius 3 is 2.83 bits per heavy atom. The lowest BCUT2D eigenvalue weighted by Gasteiger charge is -2.50. The average Bonchev–Trinajstić information content (AvgIpc) is 2.57. The van der Waals surface area contributed by atoms with E-state index in [9.17, 15) is 9.90 Å². The summed E-state index contributed by atoms with van der Waals surface area (Å²) in [6.07, 6.45) is 1.39. The summed E-state index contributed by atoms with van der Waals surface area (Å²) >= 11 is 6.26. The highest BCUT2D eigenvalue weighted by Crippen LogP contribution is 2.36. The first kappa shape index (κ1) is 17.7. The van der Waals surface area contributed by atoms with Crippen molar-refractivity contribution < 1.29 is 14.6 Å². The van der Waals surface area contributed by atoms with Gasteiger partial charge in [-0.3, -0.25) is 9.69 Å². The standard InChI is InChI=1S/C18H25ClN2O3/c1-24-13-17(22)21-9-7-18(23)6-8-20(11-15(18)12-21)10-14-4-2-3-5-16(14)19/h2-5,15,23H,6-13H2,1H3/t15-,18-/m0/s1. The van der Waals surface area contributed by atoms with Crippen LogP contribution in [0.3, 0.4) is 0 Å². The molecule has 0 bridgehead atoms. The molecule has 0 radical (unpaired) electrons. The Balaban J connectivity index is 1.65. The Kier molecular flexibility index (Phi) is 5.45. The first-order valence-electron chi connectivity index (χ1n) is 8.47. The minimum absolute atomic E-state index is 0.00257. The molecule has 2 aliphatic rings. The maximum atomic E-state index is 12.1. The number of halogens is 1. The van der Waals surface area contributed by atoms with Crippen molar-refractivity contribution in [1.82, 2.24) is 9.80 Å². The summed E-state index contributed by atoms with van der Waals surface area (Å²) in [6, 6.07) is 7.87. The molecule has 0 spiro atoms. The average molecular weight is 353 g/mol. The minimum atomic E-state index is -0.652. The number of ether oxygens (including phenoxy) is 1. The van der Waals surface area contributed by atoms with Gasteiger partial charge in [0.2, 0.25) is 5.91 Å². The van der Waals surface area contributed by atoms with Gasteiger partial charge in [-0.25, -0.2) is 0 Å². The largest absolute Gasteiger partial charge is 0.389 e. The highest BCUT2D eigenvalue weighted by Gasteiger charge is 2.45. The van der Waals surface area contributed by atoms with E-state index in [1.54, 1.807) is 0 Å². The summed E-state index contributed by atoms with van der Waals surface area (Å²) < 4.78 is 4.95. The summed E-state index contributed by atoms with van der Waals surface area (Å²) in [5.41, 5.74) is 0.452. The number of likely N-dealkylation sites (tertiary alicyclic amines) is 2. The molecule has 5 nitrogen and oxygen atoms in total. The molecular weight excluding hydrogens is 328 g/mol. The zero-order chi connectivity index (χ0) is 17.2. The molecule has 2 aliphatic heterocycles. The van der Waals surface area contributed by atoms with Crippen molar-refractivity contribution >= 4 is 17.5 Å². The topological polar surface area (TPSA) is 53.0 Å². The van der Waals surface area contributed by atoms with Crippen molar-refractivity contribution in [3.05, 3.63) is 34.9 Å². The Bertz CT molecular complexity index is 597. The lowest BCUT2D eigenvalue weighted by Crippen LogP contribution is -2.60. The number of hydrogen-bond acceptors (Lipinski definition) is 4. The zero-order valence-electron chi connectivity index (χ0n) is 14.1. The van der Waals surface area contributed by atoms with E-state index in [4.69, 9.17) is 16.3 Å². The van der Waals surface area contributed by atoms with Gasteiger partial charge in [-0.05, 0) is 24.5 Å². The fraction of sp³-hybridized carbons (Fsp3) is 0.611. The van der Waals surface area contributed by atoms with Gasteiger partial charge in [-0.2, -0.15) is 0 Å². The quantitative estimate of drug-likeness (QED) is 0.897. The molecular formula is C18H25ClN2O3. The van der Waals surface area contributed by atoms with E-state index in [0.717, 1.165) is 36.6 Å². The van der Waals surface area contributed by atoms with Crippen molar-refractivity contribution in [2.45, 2.75) is 25.0 Å². The smallest absolute Gasteiger partial charge is 0.248 e. The molecule has 132 valence electrons. The van der Waals surface area contributed by atoms with E-state index in [0.29, 0.717) is 19.5 Å². The summed E-state index contributed by atoms with van der Waals surface area (Å²) in [5, 5.41) is 11.7. The van der Waals surface area contributed by atoms with Crippen molar-refractivity contribution in [3.63, 3.8) is 0 Å². The maximum absolute atomic E-state index is 12.1. The molecule has 6 heteroatoms. The second-order valence-electron chi connectivity index (χ2n) is 6.90. The molecule has 0 aliphatic carbocycles. The van der Waals surface area contributed by atoms with Gasteiger partial charge in [-0.15, -0.1) is 0 Å². The van der Waals surface area contributed by atoms with Gasteiger partial charge >= 0.3 is 0 Å². The lowest BCUT2D eigenvalue weighted by atomic mass is 9.75. The highest BCUT2D eigenvalue weighted by atomic mass is 35.5. The number of carbonyl (C=O) groups excluding carboxylic acids is 1. The molecule has 2 atom stereocenters. The molecule has 24 heavy (non-hydrogen) atoms. The SMILES string of the molecule is COCC(=O)N1CC[C@@]2(O)CCN(Cc3ccccc3Cl)C[C@H]2C1. The number of benzene rings is 1. The van der Waals surface area contributed by atoms with Crippen LogP contribution in [0.2, 0.25) is 5.02 Å². The molecule has 2 fully saturated rings. The van der Waals surface area contributed by atoms with Gasteiger partial charge in [0.25, 0.3) is 0 Å². The number of aliphatic hydroxyl groups is 1. The van der Waals surface area contributed by atoms with Crippen LogP contribution in [0.4, 0.5) is 0 Å². The third-order valence-corrected chi connectivity index (χ3v) is 5.70. The third kappa shape index (κ3) is 3.75. The Morgan fingerprint density at radius 1 is 1.33 bits per heavy atom. The van der Waals surface area contributed by atoms with E-state index in [2.05, 4.69) is 4.90 Å². The fourth-order valence-corrected chi connectivity index (χ4v) is 4.02. The summed E-state index contributed by atoms with van der Waals surface area (Å²) in [7, 11) is 1.53. The second kappa shape index (κ2) is 7.40. The monoisotopic (exact) mass is 352 g/mol. The third-order valence-electron chi connectivity index (χ3n) is 5.33. The molecule has 2 saturated heterocycles. The molecule has 1 amide bonds. The van der Waals surface area contributed by atoms with Crippen LogP contribution in [0.5, 0.6) is 0 Å². The summed E-state index contributed by atoms with van der Waals surface area (Å²) in [6.45, 7) is 3.72. The number of methoxy groups -OCH3 is 1. The maximum Gasteiger partial charge on any atom is 0.248 e. The first-order valence-corrected chi connectivity index (χ1v) is 8.84. The van der Waals surface area contributed by atoms with Gasteiger partial charge in [0.15, 0.2) is 0 Å². The fourth-order valence-electron chi connectivity index (χ4n) is 3.82. The predicted octanol–water partition coefficient (Wildman–Crippen LogP) is 1.77. The number of rotatable bonds is 4. The molecule has 1 N–H and O–H groups in total. The predicted molar refractivity (Wildman–Crippen MR) is 92.9 cm³/mol. The van der Waals surface area contributed by atoms with E-state index in [1.807, 2.05) is 29.2 Å².